The third-order valence-corrected chi connectivity index (χ3v) is 4.05. The van der Waals surface area contributed by atoms with Crippen molar-refractivity contribution in [2.45, 2.75) is 12.3 Å². The minimum absolute atomic E-state index is 0.224. The molecular formula is C16H17Cl2NO. The van der Waals surface area contributed by atoms with Crippen LogP contribution in [0.15, 0.2) is 42.5 Å². The molecule has 2 nitrogen and oxygen atoms in total. The summed E-state index contributed by atoms with van der Waals surface area (Å²) < 4.78 is 5.26. The number of hydrogen-bond donors (Lipinski definition) is 1. The molecule has 0 fully saturated rings. The van der Waals surface area contributed by atoms with Crippen LogP contribution < -0.4 is 10.5 Å². The highest BCUT2D eigenvalue weighted by Crippen LogP contribution is 2.27. The van der Waals surface area contributed by atoms with E-state index >= 15 is 0 Å². The summed E-state index contributed by atoms with van der Waals surface area (Å²) >= 11 is 12.0. The molecule has 0 aromatic heterocycles. The van der Waals surface area contributed by atoms with Crippen LogP contribution in [-0.2, 0) is 6.42 Å². The van der Waals surface area contributed by atoms with Gasteiger partial charge >= 0.3 is 0 Å². The topological polar surface area (TPSA) is 35.2 Å². The summed E-state index contributed by atoms with van der Waals surface area (Å²) in [7, 11) is 1.66. The molecule has 20 heavy (non-hydrogen) atoms. The first kappa shape index (κ1) is 15.2. The highest BCUT2D eigenvalue weighted by Gasteiger charge is 2.12. The van der Waals surface area contributed by atoms with E-state index in [4.69, 9.17) is 33.7 Å². The van der Waals surface area contributed by atoms with Crippen molar-refractivity contribution in [3.05, 3.63) is 63.6 Å². The van der Waals surface area contributed by atoms with Gasteiger partial charge in [-0.15, -0.1) is 0 Å². The molecule has 0 spiro atoms. The molecule has 0 aliphatic heterocycles. The van der Waals surface area contributed by atoms with Crippen molar-refractivity contribution >= 4 is 23.2 Å². The fraction of sp³-hybridized carbons (Fsp3) is 0.250. The Kier molecular flexibility index (Phi) is 5.30. The van der Waals surface area contributed by atoms with Crippen LogP contribution >= 0.6 is 23.2 Å². The van der Waals surface area contributed by atoms with Crippen molar-refractivity contribution in [2.75, 3.05) is 13.7 Å². The van der Waals surface area contributed by atoms with Crippen LogP contribution in [0, 0.1) is 0 Å². The third-order valence-electron chi connectivity index (χ3n) is 3.32. The molecule has 2 rings (SSSR count). The molecule has 2 N–H and O–H groups in total. The Labute approximate surface area is 129 Å². The van der Waals surface area contributed by atoms with Crippen LogP contribution in [0.5, 0.6) is 5.75 Å². The summed E-state index contributed by atoms with van der Waals surface area (Å²) in [6.07, 6.45) is 0.820. The second kappa shape index (κ2) is 6.98. The summed E-state index contributed by atoms with van der Waals surface area (Å²) in [6, 6.07) is 13.7. The first-order valence-corrected chi connectivity index (χ1v) is 7.17. The van der Waals surface area contributed by atoms with Gasteiger partial charge in [-0.05, 0) is 48.4 Å². The maximum atomic E-state index is 6.05. The number of ether oxygens (including phenoxy) is 1. The van der Waals surface area contributed by atoms with Crippen LogP contribution in [0.25, 0.3) is 0 Å². The van der Waals surface area contributed by atoms with Crippen LogP contribution in [0.1, 0.15) is 17.0 Å². The normalized spacial score (nSPS) is 12.2. The standard InChI is InChI=1S/C16H17Cl2NO/c1-20-14-4-2-3-12(9-14)13(10-19)7-11-5-6-15(17)16(18)8-11/h2-6,8-9,13H,7,10,19H2,1H3. The number of halogens is 2. The zero-order chi connectivity index (χ0) is 14.5. The van der Waals surface area contributed by atoms with Crippen molar-refractivity contribution in [1.82, 2.24) is 0 Å². The lowest BCUT2D eigenvalue weighted by atomic mass is 9.92. The Morgan fingerprint density at radius 2 is 1.90 bits per heavy atom. The molecule has 0 saturated carbocycles. The van der Waals surface area contributed by atoms with Gasteiger partial charge in [0, 0.05) is 5.92 Å². The van der Waals surface area contributed by atoms with E-state index in [0.717, 1.165) is 23.3 Å². The van der Waals surface area contributed by atoms with Crippen LogP contribution in [0.2, 0.25) is 10.0 Å². The van der Waals surface area contributed by atoms with E-state index in [1.54, 1.807) is 7.11 Å². The number of methoxy groups -OCH3 is 1. The Morgan fingerprint density at radius 1 is 1.10 bits per heavy atom. The maximum absolute atomic E-state index is 6.05. The van der Waals surface area contributed by atoms with Gasteiger partial charge in [-0.3, -0.25) is 0 Å². The predicted molar refractivity (Wildman–Crippen MR) is 85.0 cm³/mol. The highest BCUT2D eigenvalue weighted by molar-refractivity contribution is 6.42. The quantitative estimate of drug-likeness (QED) is 0.894. The summed E-state index contributed by atoms with van der Waals surface area (Å²) in [5.74, 6) is 1.07. The minimum Gasteiger partial charge on any atom is -0.497 e. The summed E-state index contributed by atoms with van der Waals surface area (Å²) in [4.78, 5) is 0. The first-order valence-electron chi connectivity index (χ1n) is 6.42. The second-order valence-corrected chi connectivity index (χ2v) is 5.48. The monoisotopic (exact) mass is 309 g/mol. The number of nitrogens with two attached hydrogens (primary N) is 1. The smallest absolute Gasteiger partial charge is 0.119 e. The average Bonchev–Trinajstić information content (AvgIpc) is 2.48. The van der Waals surface area contributed by atoms with Gasteiger partial charge in [0.15, 0.2) is 0 Å². The molecule has 2 aromatic rings. The largest absolute Gasteiger partial charge is 0.497 e. The molecule has 0 bridgehead atoms. The molecular weight excluding hydrogens is 293 g/mol. The van der Waals surface area contributed by atoms with E-state index in [-0.39, 0.29) is 5.92 Å². The van der Waals surface area contributed by atoms with E-state index in [0.29, 0.717) is 16.6 Å². The fourth-order valence-electron chi connectivity index (χ4n) is 2.18. The lowest BCUT2D eigenvalue weighted by Crippen LogP contribution is -2.15. The molecule has 0 radical (unpaired) electrons. The lowest BCUT2D eigenvalue weighted by Gasteiger charge is -2.16. The summed E-state index contributed by atoms with van der Waals surface area (Å²) in [5.41, 5.74) is 8.20. The highest BCUT2D eigenvalue weighted by atomic mass is 35.5. The molecule has 0 aliphatic rings. The fourth-order valence-corrected chi connectivity index (χ4v) is 2.50. The van der Waals surface area contributed by atoms with Crippen molar-refractivity contribution < 1.29 is 4.74 Å². The average molecular weight is 310 g/mol. The summed E-state index contributed by atoms with van der Waals surface area (Å²) in [6.45, 7) is 0.563. The molecule has 0 saturated heterocycles. The summed E-state index contributed by atoms with van der Waals surface area (Å²) in [5, 5.41) is 1.15. The first-order chi connectivity index (χ1) is 9.63. The Bertz CT molecular complexity index is 586. The Morgan fingerprint density at radius 3 is 2.55 bits per heavy atom. The van der Waals surface area contributed by atoms with Gasteiger partial charge in [0.05, 0.1) is 17.2 Å². The van der Waals surface area contributed by atoms with Crippen molar-refractivity contribution in [1.29, 1.82) is 0 Å². The molecule has 0 amide bonds. The zero-order valence-corrected chi connectivity index (χ0v) is 12.8. The van der Waals surface area contributed by atoms with E-state index in [9.17, 15) is 0 Å². The third kappa shape index (κ3) is 3.66. The molecule has 2 aromatic carbocycles. The van der Waals surface area contributed by atoms with Crippen molar-refractivity contribution in [3.63, 3.8) is 0 Å². The number of rotatable bonds is 5. The maximum Gasteiger partial charge on any atom is 0.119 e. The molecule has 106 valence electrons. The Hall–Kier alpha value is -1.22. The predicted octanol–water partition coefficient (Wildman–Crippen LogP) is 4.29. The van der Waals surface area contributed by atoms with E-state index < -0.39 is 0 Å². The zero-order valence-electron chi connectivity index (χ0n) is 11.3. The van der Waals surface area contributed by atoms with Gasteiger partial charge in [-0.2, -0.15) is 0 Å². The molecule has 4 heteroatoms. The van der Waals surface area contributed by atoms with Crippen LogP contribution in [0.4, 0.5) is 0 Å². The number of hydrogen-bond acceptors (Lipinski definition) is 2. The van der Waals surface area contributed by atoms with Gasteiger partial charge in [0.1, 0.15) is 5.75 Å². The van der Waals surface area contributed by atoms with Crippen molar-refractivity contribution in [2.24, 2.45) is 5.73 Å². The van der Waals surface area contributed by atoms with Gasteiger partial charge in [-0.25, -0.2) is 0 Å². The second-order valence-electron chi connectivity index (χ2n) is 4.66. The van der Waals surface area contributed by atoms with Crippen LogP contribution in [0.3, 0.4) is 0 Å². The molecule has 0 aliphatic carbocycles. The van der Waals surface area contributed by atoms with Gasteiger partial charge in [-0.1, -0.05) is 41.4 Å². The van der Waals surface area contributed by atoms with Gasteiger partial charge in [0.2, 0.25) is 0 Å². The van der Waals surface area contributed by atoms with Crippen molar-refractivity contribution in [3.8, 4) is 5.75 Å². The Balaban J connectivity index is 2.21. The molecule has 0 heterocycles. The van der Waals surface area contributed by atoms with E-state index in [1.165, 1.54) is 0 Å². The lowest BCUT2D eigenvalue weighted by molar-refractivity contribution is 0.413. The molecule has 1 unspecified atom stereocenters. The SMILES string of the molecule is COc1cccc(C(CN)Cc2ccc(Cl)c(Cl)c2)c1. The molecule has 1 atom stereocenters. The van der Waals surface area contributed by atoms with Gasteiger partial charge in [0.25, 0.3) is 0 Å². The van der Waals surface area contributed by atoms with Crippen LogP contribution in [-0.4, -0.2) is 13.7 Å². The minimum atomic E-state index is 0.224. The van der Waals surface area contributed by atoms with Gasteiger partial charge < -0.3 is 10.5 Å². The van der Waals surface area contributed by atoms with E-state index in [2.05, 4.69) is 6.07 Å². The number of benzene rings is 2. The van der Waals surface area contributed by atoms with E-state index in [1.807, 2.05) is 36.4 Å².